The van der Waals surface area contributed by atoms with Crippen molar-refractivity contribution in [3.8, 4) is 17.1 Å². The molecule has 1 aromatic carbocycles. The van der Waals surface area contributed by atoms with E-state index in [9.17, 15) is 0 Å². The van der Waals surface area contributed by atoms with Gasteiger partial charge in [-0.05, 0) is 43.1 Å². The van der Waals surface area contributed by atoms with Crippen LogP contribution in [-0.2, 0) is 13.0 Å². The van der Waals surface area contributed by atoms with Crippen molar-refractivity contribution in [3.63, 3.8) is 0 Å². The molecule has 5 nitrogen and oxygen atoms in total. The van der Waals surface area contributed by atoms with Gasteiger partial charge >= 0.3 is 0 Å². The number of rotatable bonds is 3. The summed E-state index contributed by atoms with van der Waals surface area (Å²) < 4.78 is 7.16. The van der Waals surface area contributed by atoms with Gasteiger partial charge in [-0.1, -0.05) is 0 Å². The lowest BCUT2D eigenvalue weighted by molar-refractivity contribution is 0.350. The molecule has 1 unspecified atom stereocenters. The van der Waals surface area contributed by atoms with Gasteiger partial charge in [0.1, 0.15) is 11.6 Å². The van der Waals surface area contributed by atoms with E-state index in [-0.39, 0.29) is 0 Å². The van der Waals surface area contributed by atoms with E-state index in [0.717, 1.165) is 48.9 Å². The highest BCUT2D eigenvalue weighted by Crippen LogP contribution is 2.23. The number of hydrogen-bond acceptors (Lipinski definition) is 4. The highest BCUT2D eigenvalue weighted by atomic mass is 16.5. The number of ether oxygens (including phenoxy) is 1. The average Bonchev–Trinajstić information content (AvgIpc) is 2.90. The first-order valence-corrected chi connectivity index (χ1v) is 6.58. The Kier molecular flexibility index (Phi) is 3.21. The van der Waals surface area contributed by atoms with Crippen LogP contribution in [0.25, 0.3) is 11.4 Å². The fourth-order valence-electron chi connectivity index (χ4n) is 2.43. The third-order valence-electron chi connectivity index (χ3n) is 3.64. The summed E-state index contributed by atoms with van der Waals surface area (Å²) in [6.45, 7) is 1.60. The van der Waals surface area contributed by atoms with Gasteiger partial charge in [-0.3, -0.25) is 0 Å². The third-order valence-corrected chi connectivity index (χ3v) is 3.64. The lowest BCUT2D eigenvalue weighted by Gasteiger charge is -2.20. The lowest BCUT2D eigenvalue weighted by atomic mass is 10.0. The first kappa shape index (κ1) is 12.2. The summed E-state index contributed by atoms with van der Waals surface area (Å²) >= 11 is 0. The maximum absolute atomic E-state index is 5.73. The minimum atomic E-state index is 0.526. The van der Waals surface area contributed by atoms with Crippen molar-refractivity contribution in [2.24, 2.45) is 11.7 Å². The molecule has 1 atom stereocenters. The molecule has 100 valence electrons. The molecule has 5 heteroatoms. The maximum Gasteiger partial charge on any atom is 0.181 e. The van der Waals surface area contributed by atoms with Crippen LogP contribution in [0.1, 0.15) is 12.2 Å². The van der Waals surface area contributed by atoms with Gasteiger partial charge in [-0.25, -0.2) is 9.67 Å². The Balaban J connectivity index is 1.88. The van der Waals surface area contributed by atoms with Crippen LogP contribution in [0.5, 0.6) is 5.75 Å². The number of benzene rings is 1. The van der Waals surface area contributed by atoms with Crippen LogP contribution in [0.2, 0.25) is 0 Å². The van der Waals surface area contributed by atoms with Crippen molar-refractivity contribution in [2.75, 3.05) is 13.7 Å². The van der Waals surface area contributed by atoms with Gasteiger partial charge in [-0.15, -0.1) is 0 Å². The number of methoxy groups -OCH3 is 1. The van der Waals surface area contributed by atoms with Gasteiger partial charge < -0.3 is 10.5 Å². The van der Waals surface area contributed by atoms with Crippen LogP contribution in [-0.4, -0.2) is 28.4 Å². The average molecular weight is 258 g/mol. The van der Waals surface area contributed by atoms with Crippen molar-refractivity contribution in [2.45, 2.75) is 19.4 Å². The molecule has 1 aromatic heterocycles. The molecule has 0 bridgehead atoms. The van der Waals surface area contributed by atoms with Crippen molar-refractivity contribution in [1.82, 2.24) is 14.8 Å². The molecule has 0 saturated carbocycles. The Labute approximate surface area is 112 Å². The number of nitrogens with two attached hydrogens (primary N) is 1. The predicted molar refractivity (Wildman–Crippen MR) is 72.9 cm³/mol. The Morgan fingerprint density at radius 3 is 2.84 bits per heavy atom. The van der Waals surface area contributed by atoms with E-state index in [1.165, 1.54) is 0 Å². The lowest BCUT2D eigenvalue weighted by Crippen LogP contribution is -2.27. The van der Waals surface area contributed by atoms with Crippen LogP contribution >= 0.6 is 0 Å². The number of aryl methyl sites for hydroxylation is 1. The number of nitrogens with zero attached hydrogens (tertiary/aromatic N) is 3. The second-order valence-corrected chi connectivity index (χ2v) is 4.90. The van der Waals surface area contributed by atoms with E-state index in [1.807, 2.05) is 28.9 Å². The zero-order valence-corrected chi connectivity index (χ0v) is 11.0. The minimum Gasteiger partial charge on any atom is -0.497 e. The van der Waals surface area contributed by atoms with Crippen LogP contribution in [0, 0.1) is 5.92 Å². The summed E-state index contributed by atoms with van der Waals surface area (Å²) in [6, 6.07) is 7.83. The second-order valence-electron chi connectivity index (χ2n) is 4.90. The van der Waals surface area contributed by atoms with E-state index < -0.39 is 0 Å². The fraction of sp³-hybridized carbons (Fsp3) is 0.429. The number of fused-ring (bicyclic) bond motifs is 1. The number of aromatic nitrogens is 3. The highest BCUT2D eigenvalue weighted by Gasteiger charge is 2.20. The van der Waals surface area contributed by atoms with Crippen LogP contribution < -0.4 is 10.5 Å². The van der Waals surface area contributed by atoms with Crippen LogP contribution in [0.4, 0.5) is 0 Å². The first-order valence-electron chi connectivity index (χ1n) is 6.58. The first-order chi connectivity index (χ1) is 9.30. The molecule has 0 saturated heterocycles. The SMILES string of the molecule is COc1ccc(-c2nc3n(n2)CC(CN)CC3)cc1. The van der Waals surface area contributed by atoms with Gasteiger partial charge in [0.15, 0.2) is 5.82 Å². The normalized spacial score (nSPS) is 18.1. The second kappa shape index (κ2) is 5.01. The summed E-state index contributed by atoms with van der Waals surface area (Å²) in [5.74, 6) is 3.22. The smallest absolute Gasteiger partial charge is 0.181 e. The predicted octanol–water partition coefficient (Wildman–Crippen LogP) is 1.47. The van der Waals surface area contributed by atoms with Crippen molar-refractivity contribution < 1.29 is 4.74 Å². The van der Waals surface area contributed by atoms with Crippen molar-refractivity contribution in [1.29, 1.82) is 0 Å². The van der Waals surface area contributed by atoms with E-state index in [1.54, 1.807) is 7.11 Å². The summed E-state index contributed by atoms with van der Waals surface area (Å²) in [4.78, 5) is 4.62. The van der Waals surface area contributed by atoms with Gasteiger partial charge in [0, 0.05) is 18.5 Å². The molecule has 3 rings (SSSR count). The van der Waals surface area contributed by atoms with Gasteiger partial charge in [0.05, 0.1) is 7.11 Å². The topological polar surface area (TPSA) is 66.0 Å². The van der Waals surface area contributed by atoms with E-state index >= 15 is 0 Å². The molecular formula is C14H18N4O. The molecule has 0 aliphatic carbocycles. The highest BCUT2D eigenvalue weighted by molar-refractivity contribution is 5.55. The standard InChI is InChI=1S/C14H18N4O/c1-19-12-5-3-11(4-6-12)14-16-13-7-2-10(8-15)9-18(13)17-14/h3-6,10H,2,7-9,15H2,1H3. The molecule has 1 aliphatic rings. The molecular weight excluding hydrogens is 240 g/mol. The van der Waals surface area contributed by atoms with Crippen LogP contribution in [0.3, 0.4) is 0 Å². The Morgan fingerprint density at radius 2 is 2.16 bits per heavy atom. The molecule has 0 radical (unpaired) electrons. The maximum atomic E-state index is 5.73. The molecule has 0 spiro atoms. The summed E-state index contributed by atoms with van der Waals surface area (Å²) in [7, 11) is 1.66. The summed E-state index contributed by atoms with van der Waals surface area (Å²) in [6.07, 6.45) is 2.07. The zero-order valence-electron chi connectivity index (χ0n) is 11.0. The van der Waals surface area contributed by atoms with Crippen molar-refractivity contribution >= 4 is 0 Å². The quantitative estimate of drug-likeness (QED) is 0.905. The monoisotopic (exact) mass is 258 g/mol. The molecule has 2 N–H and O–H groups in total. The minimum absolute atomic E-state index is 0.526. The van der Waals surface area contributed by atoms with E-state index in [2.05, 4.69) is 10.1 Å². The van der Waals surface area contributed by atoms with Gasteiger partial charge in [0.2, 0.25) is 0 Å². The third kappa shape index (κ3) is 2.33. The largest absolute Gasteiger partial charge is 0.497 e. The number of hydrogen-bond donors (Lipinski definition) is 1. The van der Waals surface area contributed by atoms with Crippen LogP contribution in [0.15, 0.2) is 24.3 Å². The fourth-order valence-corrected chi connectivity index (χ4v) is 2.43. The molecule has 2 aromatic rings. The molecule has 0 amide bonds. The summed E-state index contributed by atoms with van der Waals surface area (Å²) in [5.41, 5.74) is 6.76. The molecule has 19 heavy (non-hydrogen) atoms. The zero-order chi connectivity index (χ0) is 13.2. The molecule has 0 fully saturated rings. The van der Waals surface area contributed by atoms with E-state index in [0.29, 0.717) is 5.92 Å². The Bertz CT molecular complexity index is 561. The molecule has 2 heterocycles. The Hall–Kier alpha value is -1.88. The Morgan fingerprint density at radius 1 is 1.37 bits per heavy atom. The van der Waals surface area contributed by atoms with Gasteiger partial charge in [-0.2, -0.15) is 5.10 Å². The van der Waals surface area contributed by atoms with E-state index in [4.69, 9.17) is 10.5 Å². The summed E-state index contributed by atoms with van der Waals surface area (Å²) in [5, 5.41) is 4.58. The van der Waals surface area contributed by atoms with Crippen molar-refractivity contribution in [3.05, 3.63) is 30.1 Å². The molecule has 1 aliphatic heterocycles. The van der Waals surface area contributed by atoms with Gasteiger partial charge in [0.25, 0.3) is 0 Å².